The van der Waals surface area contributed by atoms with Gasteiger partial charge in [-0.15, -0.1) is 0 Å². The fourth-order valence-electron chi connectivity index (χ4n) is 9.14. The van der Waals surface area contributed by atoms with Gasteiger partial charge in [-0.2, -0.15) is 0 Å². The summed E-state index contributed by atoms with van der Waals surface area (Å²) >= 11 is 0. The number of amides is 11. The van der Waals surface area contributed by atoms with Crippen LogP contribution in [0.3, 0.4) is 0 Å². The largest absolute Gasteiger partial charge is 0.508 e. The number of hydrogen-bond donors (Lipinski definition) is 19. The summed E-state index contributed by atoms with van der Waals surface area (Å²) in [4.78, 5) is 154. The zero-order valence-electron chi connectivity index (χ0n) is 50.5. The van der Waals surface area contributed by atoms with Gasteiger partial charge in [-0.3, -0.25) is 52.7 Å². The second kappa shape index (κ2) is 39.6. The van der Waals surface area contributed by atoms with Crippen molar-refractivity contribution in [3.8, 4) is 5.75 Å². The van der Waals surface area contributed by atoms with Gasteiger partial charge in [0.1, 0.15) is 66.2 Å². The summed E-state index contributed by atoms with van der Waals surface area (Å²) in [5, 5.41) is 59.5. The zero-order chi connectivity index (χ0) is 64.6. The Morgan fingerprint density at radius 2 is 1.06 bits per heavy atom. The van der Waals surface area contributed by atoms with Crippen molar-refractivity contribution in [1.29, 1.82) is 0 Å². The molecular formula is C56H98N16O14. The Morgan fingerprint density at radius 1 is 0.570 bits per heavy atom. The molecule has 1 aromatic carbocycles. The number of aliphatic hydroxyl groups is 2. The summed E-state index contributed by atoms with van der Waals surface area (Å²) in [6, 6.07) is -9.41. The molecule has 30 heteroatoms. The summed E-state index contributed by atoms with van der Waals surface area (Å²) in [5.41, 5.74) is 29.8. The molecule has 0 saturated carbocycles. The van der Waals surface area contributed by atoms with E-state index in [1.54, 1.807) is 13.8 Å². The summed E-state index contributed by atoms with van der Waals surface area (Å²) in [6.07, 6.45) is -1.36. The third-order valence-corrected chi connectivity index (χ3v) is 14.3. The molecule has 1 saturated heterocycles. The molecular weight excluding hydrogens is 1120 g/mol. The molecule has 30 nitrogen and oxygen atoms in total. The number of rotatable bonds is 29. The van der Waals surface area contributed by atoms with Gasteiger partial charge in [0, 0.05) is 19.4 Å². The molecule has 86 heavy (non-hydrogen) atoms. The minimum absolute atomic E-state index is 0.0113. The standard InChI is InChI=1S/C56H98N16O14/c1-7-31(4)10-8-9-11-44(76)63-36(16-22-57)51(81)72-46(33(6)74)56(86)68-39(19-25-60)48(78)67-41-21-27-62-55(85)45(32(5)73)71-52(82)40(20-26-61)65-47(77)37(17-23-58)66-53(83)42(28-30(2)3)69-54(84)43(29-34-12-14-35(75)15-13-34)70-49(79)38(18-24-59)64-50(41)80/h12-15,30-33,36-43,45-46,73-75H,7-11,16-29,57-61H2,1-6H3,(H,62,85)(H,63,76)(H,64,80)(H,65,77)(H,66,83)(H,67,78)(H,68,86)(H,69,84)(H,70,79)(H,71,82)(H,72,81)/t31-,32+,33+,36-,37-,38-,39-,40-,41-,42-,43?,45-,46-/m0/s1. The molecule has 11 amide bonds. The Morgan fingerprint density at radius 3 is 1.56 bits per heavy atom. The Bertz CT molecular complexity index is 2370. The second-order valence-electron chi connectivity index (χ2n) is 22.2. The van der Waals surface area contributed by atoms with E-state index >= 15 is 0 Å². The van der Waals surface area contributed by atoms with Crippen LogP contribution in [0, 0.1) is 11.8 Å². The fraction of sp³-hybridized carbons (Fsp3) is 0.696. The smallest absolute Gasteiger partial charge is 0.245 e. The maximum Gasteiger partial charge on any atom is 0.245 e. The highest BCUT2D eigenvalue weighted by atomic mass is 16.3. The van der Waals surface area contributed by atoms with Crippen molar-refractivity contribution in [3.63, 3.8) is 0 Å². The number of hydrogen-bond acceptors (Lipinski definition) is 19. The summed E-state index contributed by atoms with van der Waals surface area (Å²) in [7, 11) is 0. The van der Waals surface area contributed by atoms with E-state index < -0.39 is 151 Å². The lowest BCUT2D eigenvalue weighted by molar-refractivity contribution is -0.137. The van der Waals surface area contributed by atoms with Gasteiger partial charge < -0.3 is 102 Å². The number of benzene rings is 1. The summed E-state index contributed by atoms with van der Waals surface area (Å²) in [5.74, 6) is -9.85. The van der Waals surface area contributed by atoms with E-state index in [9.17, 15) is 68.1 Å². The number of aromatic hydroxyl groups is 1. The Hall–Kier alpha value is -7.09. The molecule has 0 radical (unpaired) electrons. The van der Waals surface area contributed by atoms with Crippen LogP contribution in [0.1, 0.15) is 124 Å². The number of nitrogens with one attached hydrogen (secondary N) is 11. The topological polar surface area (TPSA) is 511 Å². The average molecular weight is 1220 g/mol. The molecule has 0 bridgehead atoms. The Labute approximate surface area is 503 Å². The van der Waals surface area contributed by atoms with E-state index in [0.29, 0.717) is 17.9 Å². The van der Waals surface area contributed by atoms with Gasteiger partial charge in [-0.25, -0.2) is 0 Å². The Kier molecular flexibility index (Phi) is 34.5. The van der Waals surface area contributed by atoms with Crippen LogP contribution in [0.5, 0.6) is 5.75 Å². The van der Waals surface area contributed by atoms with Crippen LogP contribution < -0.4 is 87.2 Å². The van der Waals surface area contributed by atoms with Crippen LogP contribution in [0.25, 0.3) is 0 Å². The number of carbonyl (C=O) groups is 11. The highest BCUT2D eigenvalue weighted by Crippen LogP contribution is 2.15. The number of phenolic OH excluding ortho intramolecular Hbond substituents is 1. The molecule has 0 aromatic heterocycles. The summed E-state index contributed by atoms with van der Waals surface area (Å²) < 4.78 is 0. The predicted octanol–water partition coefficient (Wildman–Crippen LogP) is -5.54. The predicted molar refractivity (Wildman–Crippen MR) is 318 cm³/mol. The fourth-order valence-corrected chi connectivity index (χ4v) is 9.14. The van der Waals surface area contributed by atoms with E-state index in [1.165, 1.54) is 38.1 Å². The normalized spacial score (nSPS) is 22.8. The minimum atomic E-state index is -1.71. The summed E-state index contributed by atoms with van der Waals surface area (Å²) in [6.45, 7) is 8.84. The SMILES string of the molecule is CC[C@H](C)CCCCC(=O)N[C@@H](CCN)C(=O)N[C@H](C(=O)N[C@@H](CCN)C(=O)N[C@H]1CCNC(=O)[C@H]([C@@H](C)O)NC(=O)[C@H](CCN)NC(=O)[C@H](CCN)NC(=O)[C@H](CC(C)C)NC(=O)C(Cc2ccc(O)cc2)NC(=O)[C@H](CCN)NC1=O)[C@@H](C)O. The van der Waals surface area contributed by atoms with Gasteiger partial charge in [0.05, 0.1) is 12.2 Å². The van der Waals surface area contributed by atoms with Gasteiger partial charge in [0.2, 0.25) is 65.0 Å². The van der Waals surface area contributed by atoms with E-state index in [0.717, 1.165) is 19.3 Å². The molecule has 1 fully saturated rings. The van der Waals surface area contributed by atoms with Crippen molar-refractivity contribution >= 4 is 65.0 Å². The third-order valence-electron chi connectivity index (χ3n) is 14.3. The molecule has 1 aromatic rings. The number of unbranched alkanes of at least 4 members (excludes halogenated alkanes) is 1. The first-order chi connectivity index (χ1) is 40.7. The lowest BCUT2D eigenvalue weighted by Crippen LogP contribution is -2.62. The van der Waals surface area contributed by atoms with E-state index in [1.807, 2.05) is 0 Å². The Balaban J connectivity index is 2.69. The van der Waals surface area contributed by atoms with Crippen LogP contribution >= 0.6 is 0 Å². The maximum absolute atomic E-state index is 14.5. The number of carbonyl (C=O) groups excluding carboxylic acids is 11. The van der Waals surface area contributed by atoms with Crippen molar-refractivity contribution in [3.05, 3.63) is 29.8 Å². The molecule has 0 spiro atoms. The van der Waals surface area contributed by atoms with Crippen LogP contribution in [0.4, 0.5) is 0 Å². The van der Waals surface area contributed by atoms with E-state index in [-0.39, 0.29) is 95.8 Å². The first kappa shape index (κ1) is 75.0. The van der Waals surface area contributed by atoms with Crippen molar-refractivity contribution in [1.82, 2.24) is 58.5 Å². The van der Waals surface area contributed by atoms with Gasteiger partial charge >= 0.3 is 0 Å². The lowest BCUT2D eigenvalue weighted by Gasteiger charge is -2.29. The lowest BCUT2D eigenvalue weighted by atomic mass is 10.00. The molecule has 1 aliphatic heterocycles. The molecule has 24 N–H and O–H groups in total. The molecule has 2 rings (SSSR count). The van der Waals surface area contributed by atoms with Crippen LogP contribution in [0.2, 0.25) is 0 Å². The maximum atomic E-state index is 14.5. The number of phenols is 1. The van der Waals surface area contributed by atoms with Crippen LogP contribution in [-0.4, -0.2) is 192 Å². The van der Waals surface area contributed by atoms with Gasteiger partial charge in [0.15, 0.2) is 0 Å². The molecule has 486 valence electrons. The third kappa shape index (κ3) is 26.7. The first-order valence-electron chi connectivity index (χ1n) is 29.7. The van der Waals surface area contributed by atoms with E-state index in [4.69, 9.17) is 28.7 Å². The molecule has 1 unspecified atom stereocenters. The zero-order valence-corrected chi connectivity index (χ0v) is 50.5. The molecule has 13 atom stereocenters. The van der Waals surface area contributed by atoms with Crippen molar-refractivity contribution < 1.29 is 68.1 Å². The van der Waals surface area contributed by atoms with Crippen molar-refractivity contribution in [2.45, 2.75) is 198 Å². The quantitative estimate of drug-likeness (QED) is 0.0333. The molecule has 1 heterocycles. The molecule has 1 aliphatic rings. The highest BCUT2D eigenvalue weighted by Gasteiger charge is 2.37. The van der Waals surface area contributed by atoms with Crippen LogP contribution in [-0.2, 0) is 59.2 Å². The van der Waals surface area contributed by atoms with Crippen molar-refractivity contribution in [2.24, 2.45) is 40.5 Å². The second-order valence-corrected chi connectivity index (χ2v) is 22.2. The van der Waals surface area contributed by atoms with Gasteiger partial charge in [-0.05, 0) is 127 Å². The molecule has 0 aliphatic carbocycles. The highest BCUT2D eigenvalue weighted by molar-refractivity contribution is 5.99. The van der Waals surface area contributed by atoms with Gasteiger partial charge in [-0.1, -0.05) is 59.1 Å². The van der Waals surface area contributed by atoms with Crippen LogP contribution in [0.15, 0.2) is 24.3 Å². The number of aliphatic hydroxyl groups excluding tert-OH is 2. The van der Waals surface area contributed by atoms with E-state index in [2.05, 4.69) is 72.3 Å². The first-order valence-corrected chi connectivity index (χ1v) is 29.7. The average Bonchev–Trinajstić information content (AvgIpc) is 3.59. The number of nitrogens with two attached hydrogens (primary N) is 5. The minimum Gasteiger partial charge on any atom is -0.508 e. The van der Waals surface area contributed by atoms with Crippen molar-refractivity contribution in [2.75, 3.05) is 39.3 Å². The monoisotopic (exact) mass is 1220 g/mol. The van der Waals surface area contributed by atoms with Gasteiger partial charge in [0.25, 0.3) is 0 Å².